The first-order valence-corrected chi connectivity index (χ1v) is 16.5. The Hall–Kier alpha value is -1.78. The summed E-state index contributed by atoms with van der Waals surface area (Å²) in [6, 6.07) is 13.4. The summed E-state index contributed by atoms with van der Waals surface area (Å²) in [6.07, 6.45) is 9.43. The molecule has 2 aromatic carbocycles. The van der Waals surface area contributed by atoms with Gasteiger partial charge in [-0.3, -0.25) is 4.79 Å². The van der Waals surface area contributed by atoms with Crippen molar-refractivity contribution < 1.29 is 34.3 Å². The second-order valence-corrected chi connectivity index (χ2v) is 11.6. The average molecular weight is 739 g/mol. The van der Waals surface area contributed by atoms with E-state index in [4.69, 9.17) is 0 Å². The maximum Gasteiger partial charge on any atom is 2.00 e. The number of rotatable bonds is 10. The van der Waals surface area contributed by atoms with Gasteiger partial charge < -0.3 is 12.2 Å². The quantitative estimate of drug-likeness (QED) is 0.192. The second kappa shape index (κ2) is 18.6. The van der Waals surface area contributed by atoms with Gasteiger partial charge in [-0.25, -0.2) is 19.6 Å². The van der Waals surface area contributed by atoms with Crippen molar-refractivity contribution in [1.82, 2.24) is 4.72 Å². The Kier molecular flexibility index (Phi) is 16.9. The molecule has 2 aliphatic rings. The molecule has 5 nitrogen and oxygen atoms in total. The second-order valence-electron chi connectivity index (χ2n) is 9.96. The van der Waals surface area contributed by atoms with Gasteiger partial charge in [-0.2, -0.15) is 23.1 Å². The van der Waals surface area contributed by atoms with E-state index in [0.717, 1.165) is 61.6 Å². The number of hydrogen-bond acceptors (Lipinski definition) is 4. The van der Waals surface area contributed by atoms with E-state index in [1.165, 1.54) is 36.3 Å². The Balaban J connectivity index is 0.00000153. The van der Waals surface area contributed by atoms with Crippen molar-refractivity contribution in [2.24, 2.45) is 11.8 Å². The first-order chi connectivity index (χ1) is 18.9. The molecule has 2 unspecified atom stereocenters. The Morgan fingerprint density at radius 2 is 1.75 bits per heavy atom. The number of carbonyl (C=O) groups excluding carboxylic acids is 1. The van der Waals surface area contributed by atoms with Gasteiger partial charge in [0.1, 0.15) is 0 Å². The topological polar surface area (TPSA) is 75.3 Å². The Labute approximate surface area is 259 Å². The molecule has 1 amide bonds. The van der Waals surface area contributed by atoms with Crippen molar-refractivity contribution in [2.45, 2.75) is 104 Å². The third kappa shape index (κ3) is 9.94. The van der Waals surface area contributed by atoms with Gasteiger partial charge >= 0.3 is 21.1 Å². The SMILES string of the molecule is CC.CC.[CH2-]Cc1ccccc1[C-]1CCc2ccc(S(=O)(=O)NC(=O)CCCCC3CCC3CC)cc2NC1.[W+2]. The molecule has 1 fully saturated rings. The van der Waals surface area contributed by atoms with E-state index < -0.39 is 15.9 Å². The third-order valence-electron chi connectivity index (χ3n) is 7.82. The van der Waals surface area contributed by atoms with Crippen molar-refractivity contribution in [3.63, 3.8) is 0 Å². The maximum absolute atomic E-state index is 12.9. The number of sulfonamides is 1. The van der Waals surface area contributed by atoms with Crippen LogP contribution in [0.15, 0.2) is 47.4 Å². The minimum Gasteiger partial charge on any atom is -0.392 e. The van der Waals surface area contributed by atoms with E-state index >= 15 is 0 Å². The molecule has 1 aliphatic heterocycles. The van der Waals surface area contributed by atoms with Crippen molar-refractivity contribution in [2.75, 3.05) is 11.9 Å². The molecule has 1 heterocycles. The van der Waals surface area contributed by atoms with Gasteiger partial charge in [0.15, 0.2) is 0 Å². The normalized spacial score (nSPS) is 17.6. The predicted octanol–water partition coefficient (Wildman–Crippen LogP) is 7.90. The van der Waals surface area contributed by atoms with Crippen LogP contribution in [0.4, 0.5) is 5.69 Å². The van der Waals surface area contributed by atoms with Crippen LogP contribution >= 0.6 is 0 Å². The zero-order valence-corrected chi connectivity index (χ0v) is 29.0. The van der Waals surface area contributed by atoms with Crippen LogP contribution in [-0.4, -0.2) is 20.9 Å². The van der Waals surface area contributed by atoms with E-state index in [-0.39, 0.29) is 32.4 Å². The molecule has 0 spiro atoms. The summed E-state index contributed by atoms with van der Waals surface area (Å²) < 4.78 is 28.1. The summed E-state index contributed by atoms with van der Waals surface area (Å²) in [6.45, 7) is 14.9. The van der Waals surface area contributed by atoms with Gasteiger partial charge in [0.2, 0.25) is 5.91 Å². The van der Waals surface area contributed by atoms with Crippen molar-refractivity contribution >= 4 is 21.6 Å². The average Bonchev–Trinajstić information content (AvgIpc) is 3.16. The maximum atomic E-state index is 12.9. The van der Waals surface area contributed by atoms with E-state index in [2.05, 4.69) is 36.0 Å². The molecular formula is C33H50N2O3SW. The molecule has 4 rings (SSSR count). The minimum absolute atomic E-state index is 0. The minimum atomic E-state index is -3.90. The number of aryl methyl sites for hydroxylation is 1. The van der Waals surface area contributed by atoms with Crippen LogP contribution in [0.25, 0.3) is 0 Å². The van der Waals surface area contributed by atoms with E-state index in [9.17, 15) is 13.2 Å². The van der Waals surface area contributed by atoms with E-state index in [1.807, 2.05) is 45.9 Å². The van der Waals surface area contributed by atoms with Gasteiger partial charge in [-0.1, -0.05) is 72.4 Å². The zero-order valence-electron chi connectivity index (χ0n) is 25.2. The molecule has 222 valence electrons. The fraction of sp³-hybridized carbons (Fsp3) is 0.545. The smallest absolute Gasteiger partial charge is 0.392 e. The first-order valence-electron chi connectivity index (χ1n) is 15.1. The molecule has 0 aromatic heterocycles. The van der Waals surface area contributed by atoms with Crippen LogP contribution < -0.4 is 10.0 Å². The Morgan fingerprint density at radius 1 is 1.05 bits per heavy atom. The molecule has 2 aromatic rings. The van der Waals surface area contributed by atoms with Gasteiger partial charge in [-0.15, -0.1) is 12.1 Å². The number of carbonyl (C=O) groups is 1. The number of nitrogens with one attached hydrogen (secondary N) is 2. The number of benzene rings is 2. The van der Waals surface area contributed by atoms with Crippen LogP contribution in [0, 0.1) is 24.7 Å². The molecule has 0 saturated heterocycles. The van der Waals surface area contributed by atoms with Crippen LogP contribution in [-0.2, 0) is 48.7 Å². The summed E-state index contributed by atoms with van der Waals surface area (Å²) in [7, 11) is -3.90. The summed E-state index contributed by atoms with van der Waals surface area (Å²) in [5.74, 6) is 2.51. The zero-order chi connectivity index (χ0) is 28.8. The standard InChI is InChI=1S/C29H38N2O3S.2C2H6.W/c1-3-21-13-14-23(21)10-6-8-12-29(32)31-35(33,34)26-18-17-24-15-16-25(20-30-28(24)19-26)27-11-7-5-9-22(27)4-2;2*1-2;/h5,7,9,11,17-19,21,23,30H,2-4,6,8,10,12-16,20H2,1H3,(H,31,32);2*1-2H3;/q-2;;;+2. The predicted molar refractivity (Wildman–Crippen MR) is 164 cm³/mol. The molecule has 40 heavy (non-hydrogen) atoms. The van der Waals surface area contributed by atoms with Crippen LogP contribution in [0.2, 0.25) is 0 Å². The van der Waals surface area contributed by atoms with E-state index in [0.29, 0.717) is 6.54 Å². The molecule has 0 bridgehead atoms. The number of unbranched alkanes of at least 4 members (excludes halogenated alkanes) is 1. The summed E-state index contributed by atoms with van der Waals surface area (Å²) in [5, 5.41) is 3.43. The number of amides is 1. The van der Waals surface area contributed by atoms with Gasteiger partial charge in [0.05, 0.1) is 4.90 Å². The number of hydrogen-bond donors (Lipinski definition) is 2. The molecule has 7 heteroatoms. The largest absolute Gasteiger partial charge is 2.00 e. The van der Waals surface area contributed by atoms with Crippen LogP contribution in [0.1, 0.15) is 103 Å². The Morgan fingerprint density at radius 3 is 2.40 bits per heavy atom. The third-order valence-corrected chi connectivity index (χ3v) is 9.19. The molecule has 2 N–H and O–H groups in total. The van der Waals surface area contributed by atoms with Crippen LogP contribution in [0.3, 0.4) is 0 Å². The molecule has 1 saturated carbocycles. The fourth-order valence-corrected chi connectivity index (χ4v) is 6.54. The fourth-order valence-electron chi connectivity index (χ4n) is 5.50. The van der Waals surface area contributed by atoms with E-state index in [1.54, 1.807) is 12.1 Å². The molecular weight excluding hydrogens is 688 g/mol. The van der Waals surface area contributed by atoms with Crippen molar-refractivity contribution in [3.8, 4) is 0 Å². The van der Waals surface area contributed by atoms with Gasteiger partial charge in [0.25, 0.3) is 10.0 Å². The number of anilines is 1. The monoisotopic (exact) mass is 738 g/mol. The van der Waals surface area contributed by atoms with Crippen LogP contribution in [0.5, 0.6) is 0 Å². The summed E-state index contributed by atoms with van der Waals surface area (Å²) in [5.41, 5.74) is 4.34. The van der Waals surface area contributed by atoms with Crippen molar-refractivity contribution in [1.29, 1.82) is 0 Å². The summed E-state index contributed by atoms with van der Waals surface area (Å²) in [4.78, 5) is 12.5. The van der Waals surface area contributed by atoms with Crippen molar-refractivity contribution in [3.05, 3.63) is 72.0 Å². The molecule has 0 radical (unpaired) electrons. The summed E-state index contributed by atoms with van der Waals surface area (Å²) >= 11 is 0. The Bertz CT molecular complexity index is 1130. The molecule has 2 atom stereocenters. The molecule has 1 aliphatic carbocycles. The van der Waals surface area contributed by atoms with Gasteiger partial charge in [-0.05, 0) is 61.8 Å². The first kappa shape index (κ1) is 36.2. The van der Waals surface area contributed by atoms with Gasteiger partial charge in [0, 0.05) is 12.1 Å². The number of fused-ring (bicyclic) bond motifs is 1.